The molecule has 2 aliphatic heterocycles. The van der Waals surface area contributed by atoms with Crippen LogP contribution in [0.25, 0.3) is 0 Å². The molecule has 2 fully saturated rings. The van der Waals surface area contributed by atoms with Gasteiger partial charge in [0.2, 0.25) is 11.8 Å². The van der Waals surface area contributed by atoms with E-state index in [0.717, 1.165) is 32.6 Å². The molecule has 2 amide bonds. The van der Waals surface area contributed by atoms with Gasteiger partial charge >= 0.3 is 0 Å². The maximum absolute atomic E-state index is 12.2. The second-order valence-corrected chi connectivity index (χ2v) is 6.87. The number of hydrogen-bond donors (Lipinski definition) is 2. The summed E-state index contributed by atoms with van der Waals surface area (Å²) in [5, 5.41) is 2.67. The average molecular weight is 383 g/mol. The van der Waals surface area contributed by atoms with Crippen molar-refractivity contribution < 1.29 is 9.59 Å². The van der Waals surface area contributed by atoms with Gasteiger partial charge in [-0.2, -0.15) is 0 Å². The summed E-state index contributed by atoms with van der Waals surface area (Å²) >= 11 is 0. The number of halogens is 2. The number of nitrogens with zero attached hydrogens (tertiary/aromatic N) is 2. The molecule has 1 unspecified atom stereocenters. The van der Waals surface area contributed by atoms with Crippen molar-refractivity contribution in [2.24, 2.45) is 11.7 Å². The largest absolute Gasteiger partial charge is 0.346 e. The van der Waals surface area contributed by atoms with Gasteiger partial charge in [0.15, 0.2) is 0 Å². The first-order valence-corrected chi connectivity index (χ1v) is 8.54. The molecule has 0 spiro atoms. The van der Waals surface area contributed by atoms with Gasteiger partial charge in [0.25, 0.3) is 0 Å². The van der Waals surface area contributed by atoms with Crippen LogP contribution in [0.3, 0.4) is 0 Å². The van der Waals surface area contributed by atoms with E-state index in [9.17, 15) is 9.59 Å². The second-order valence-electron chi connectivity index (χ2n) is 6.87. The number of rotatable bonds is 5. The molecule has 0 saturated carbocycles. The lowest BCUT2D eigenvalue weighted by Crippen LogP contribution is -2.48. The smallest absolute Gasteiger partial charge is 0.242 e. The Hall–Kier alpha value is -0.560. The standard InChI is InChI=1S/C16H30N4O2.2ClH/c1-12(2)15(17)16(22)18-10-14(21)20-9-6-13(11-20)19-7-4-3-5-8-19;;/h12-13,15H,3-11,17H2,1-2H3,(H,18,22);2*1H/t13?,15-;;/m0../s1. The number of carbonyl (C=O) groups excluding carboxylic acids is 2. The highest BCUT2D eigenvalue weighted by Gasteiger charge is 2.31. The topological polar surface area (TPSA) is 78.7 Å². The van der Waals surface area contributed by atoms with E-state index in [2.05, 4.69) is 10.2 Å². The zero-order valence-corrected chi connectivity index (χ0v) is 16.3. The monoisotopic (exact) mass is 382 g/mol. The van der Waals surface area contributed by atoms with E-state index < -0.39 is 6.04 Å². The quantitative estimate of drug-likeness (QED) is 0.743. The molecule has 0 aromatic carbocycles. The van der Waals surface area contributed by atoms with E-state index in [1.54, 1.807) is 0 Å². The van der Waals surface area contributed by atoms with Crippen molar-refractivity contribution in [3.8, 4) is 0 Å². The molecule has 0 aliphatic carbocycles. The minimum absolute atomic E-state index is 0. The SMILES string of the molecule is CC(C)[C@H](N)C(=O)NCC(=O)N1CCC(N2CCCCC2)C1.Cl.Cl. The summed E-state index contributed by atoms with van der Waals surface area (Å²) in [6.45, 7) is 7.77. The molecule has 2 saturated heterocycles. The van der Waals surface area contributed by atoms with E-state index in [4.69, 9.17) is 5.73 Å². The van der Waals surface area contributed by atoms with Gasteiger partial charge in [0, 0.05) is 19.1 Å². The van der Waals surface area contributed by atoms with E-state index in [0.29, 0.717) is 6.04 Å². The van der Waals surface area contributed by atoms with Gasteiger partial charge in [-0.15, -0.1) is 24.8 Å². The van der Waals surface area contributed by atoms with Crippen LogP contribution in [-0.4, -0.2) is 66.4 Å². The normalized spacial score (nSPS) is 22.5. The van der Waals surface area contributed by atoms with Gasteiger partial charge in [-0.1, -0.05) is 20.3 Å². The minimum Gasteiger partial charge on any atom is -0.346 e. The molecule has 8 heteroatoms. The molecule has 0 bridgehead atoms. The fourth-order valence-electron chi connectivity index (χ4n) is 3.25. The molecular weight excluding hydrogens is 351 g/mol. The fourth-order valence-corrected chi connectivity index (χ4v) is 3.25. The highest BCUT2D eigenvalue weighted by Crippen LogP contribution is 2.20. The Labute approximate surface area is 157 Å². The summed E-state index contributed by atoms with van der Waals surface area (Å²) in [4.78, 5) is 28.4. The van der Waals surface area contributed by atoms with Gasteiger partial charge in [0.1, 0.15) is 0 Å². The Kier molecular flexibility index (Phi) is 10.9. The summed E-state index contributed by atoms with van der Waals surface area (Å²) in [5.41, 5.74) is 5.78. The molecular formula is C16H32Cl2N4O2. The number of hydrogen-bond acceptors (Lipinski definition) is 4. The van der Waals surface area contributed by atoms with Crippen molar-refractivity contribution >= 4 is 36.6 Å². The van der Waals surface area contributed by atoms with E-state index in [1.807, 2.05) is 18.7 Å². The maximum atomic E-state index is 12.2. The summed E-state index contributed by atoms with van der Waals surface area (Å²) in [7, 11) is 0. The average Bonchev–Trinajstić information content (AvgIpc) is 3.02. The van der Waals surface area contributed by atoms with Crippen LogP contribution in [-0.2, 0) is 9.59 Å². The molecule has 2 atom stereocenters. The van der Waals surface area contributed by atoms with Crippen LogP contribution in [0.1, 0.15) is 39.5 Å². The first-order chi connectivity index (χ1) is 10.5. The molecule has 24 heavy (non-hydrogen) atoms. The van der Waals surface area contributed by atoms with E-state index >= 15 is 0 Å². The molecule has 0 radical (unpaired) electrons. The molecule has 0 aromatic rings. The Bertz CT molecular complexity index is 404. The lowest BCUT2D eigenvalue weighted by atomic mass is 10.1. The van der Waals surface area contributed by atoms with Gasteiger partial charge in [0.05, 0.1) is 12.6 Å². The lowest BCUT2D eigenvalue weighted by molar-refractivity contribution is -0.132. The molecule has 2 rings (SSSR count). The zero-order chi connectivity index (χ0) is 16.1. The zero-order valence-electron chi connectivity index (χ0n) is 14.7. The molecule has 142 valence electrons. The van der Waals surface area contributed by atoms with Gasteiger partial charge in [-0.25, -0.2) is 0 Å². The predicted octanol–water partition coefficient (Wildman–Crippen LogP) is 1.02. The van der Waals surface area contributed by atoms with Gasteiger partial charge in [-0.3, -0.25) is 14.5 Å². The second kappa shape index (κ2) is 11.1. The Balaban J connectivity index is 0.00000264. The first-order valence-electron chi connectivity index (χ1n) is 8.54. The van der Waals surface area contributed by atoms with Crippen molar-refractivity contribution in [1.82, 2.24) is 15.1 Å². The number of piperidine rings is 1. The lowest BCUT2D eigenvalue weighted by Gasteiger charge is -2.32. The van der Waals surface area contributed by atoms with Gasteiger partial charge < -0.3 is 16.0 Å². The summed E-state index contributed by atoms with van der Waals surface area (Å²) < 4.78 is 0. The van der Waals surface area contributed by atoms with Crippen molar-refractivity contribution in [2.45, 2.75) is 51.6 Å². The highest BCUT2D eigenvalue weighted by molar-refractivity contribution is 5.87. The third kappa shape index (κ3) is 6.39. The molecule has 0 aromatic heterocycles. The predicted molar refractivity (Wildman–Crippen MR) is 101 cm³/mol. The molecule has 2 aliphatic rings. The van der Waals surface area contributed by atoms with Crippen molar-refractivity contribution in [1.29, 1.82) is 0 Å². The van der Waals surface area contributed by atoms with Crippen LogP contribution in [0.5, 0.6) is 0 Å². The van der Waals surface area contributed by atoms with Crippen molar-refractivity contribution in [3.05, 3.63) is 0 Å². The third-order valence-electron chi connectivity index (χ3n) is 4.86. The number of nitrogens with two attached hydrogens (primary N) is 1. The highest BCUT2D eigenvalue weighted by atomic mass is 35.5. The number of nitrogens with one attached hydrogen (secondary N) is 1. The van der Waals surface area contributed by atoms with Crippen LogP contribution < -0.4 is 11.1 Å². The summed E-state index contributed by atoms with van der Waals surface area (Å²) in [6, 6.07) is -0.0506. The summed E-state index contributed by atoms with van der Waals surface area (Å²) in [5.74, 6) is -0.163. The van der Waals surface area contributed by atoms with Crippen LogP contribution in [0, 0.1) is 5.92 Å². The van der Waals surface area contributed by atoms with E-state index in [1.165, 1.54) is 19.3 Å². The van der Waals surface area contributed by atoms with Crippen molar-refractivity contribution in [2.75, 3.05) is 32.7 Å². The Morgan fingerprint density at radius 2 is 1.75 bits per heavy atom. The number of amides is 2. The van der Waals surface area contributed by atoms with E-state index in [-0.39, 0.29) is 49.1 Å². The summed E-state index contributed by atoms with van der Waals surface area (Å²) in [6.07, 6.45) is 4.92. The molecule has 2 heterocycles. The first kappa shape index (κ1) is 23.4. The van der Waals surface area contributed by atoms with Crippen molar-refractivity contribution in [3.63, 3.8) is 0 Å². The fraction of sp³-hybridized carbons (Fsp3) is 0.875. The molecule has 6 nitrogen and oxygen atoms in total. The minimum atomic E-state index is -0.549. The van der Waals surface area contributed by atoms with Gasteiger partial charge in [-0.05, 0) is 38.3 Å². The van der Waals surface area contributed by atoms with Crippen LogP contribution in [0.2, 0.25) is 0 Å². The number of likely N-dealkylation sites (tertiary alicyclic amines) is 2. The molecule has 3 N–H and O–H groups in total. The Morgan fingerprint density at radius 1 is 1.12 bits per heavy atom. The maximum Gasteiger partial charge on any atom is 0.242 e. The number of carbonyl (C=O) groups is 2. The Morgan fingerprint density at radius 3 is 2.33 bits per heavy atom. The van der Waals surface area contributed by atoms with Crippen LogP contribution in [0.4, 0.5) is 0 Å². The third-order valence-corrected chi connectivity index (χ3v) is 4.86. The van der Waals surface area contributed by atoms with Crippen LogP contribution >= 0.6 is 24.8 Å². The van der Waals surface area contributed by atoms with Crippen LogP contribution in [0.15, 0.2) is 0 Å².